The molecule has 1 N–H and O–H groups in total. The third-order valence-electron chi connectivity index (χ3n) is 3.55. The van der Waals surface area contributed by atoms with E-state index in [0.29, 0.717) is 12.5 Å². The molecule has 0 unspecified atom stereocenters. The molecule has 2 rings (SSSR count). The van der Waals surface area contributed by atoms with Crippen molar-refractivity contribution in [3.8, 4) is 5.75 Å². The Hall–Kier alpha value is -1.74. The molecule has 0 saturated heterocycles. The van der Waals surface area contributed by atoms with Crippen LogP contribution in [0.1, 0.15) is 36.3 Å². The van der Waals surface area contributed by atoms with Gasteiger partial charge in [0, 0.05) is 12.1 Å². The number of nitrogens with one attached hydrogen (secondary N) is 1. The fraction of sp³-hybridized carbons (Fsp3) is 0.444. The lowest BCUT2D eigenvalue weighted by atomic mass is 10.1. The summed E-state index contributed by atoms with van der Waals surface area (Å²) in [5.41, 5.74) is 3.68. The summed E-state index contributed by atoms with van der Waals surface area (Å²) in [5, 5.41) is 3.43. The SMILES string of the molecule is Cc1ccc(OCc2occc2CNCC(C)C)cc1C. The van der Waals surface area contributed by atoms with Gasteiger partial charge < -0.3 is 14.5 Å². The zero-order chi connectivity index (χ0) is 15.2. The molecule has 1 aromatic heterocycles. The van der Waals surface area contributed by atoms with Crippen molar-refractivity contribution in [2.24, 2.45) is 5.92 Å². The minimum atomic E-state index is 0.466. The first-order valence-electron chi connectivity index (χ1n) is 7.52. The third-order valence-corrected chi connectivity index (χ3v) is 3.55. The molecule has 0 bridgehead atoms. The predicted octanol–water partition coefficient (Wildman–Crippen LogP) is 4.22. The zero-order valence-corrected chi connectivity index (χ0v) is 13.4. The molecule has 0 spiro atoms. The van der Waals surface area contributed by atoms with Gasteiger partial charge in [0.25, 0.3) is 0 Å². The molecule has 114 valence electrons. The first kappa shape index (κ1) is 15.6. The Morgan fingerprint density at radius 2 is 1.95 bits per heavy atom. The summed E-state index contributed by atoms with van der Waals surface area (Å²) in [6.07, 6.45) is 1.73. The largest absolute Gasteiger partial charge is 0.486 e. The fourth-order valence-corrected chi connectivity index (χ4v) is 2.10. The maximum atomic E-state index is 5.83. The highest BCUT2D eigenvalue weighted by atomic mass is 16.5. The van der Waals surface area contributed by atoms with Gasteiger partial charge in [-0.3, -0.25) is 0 Å². The Labute approximate surface area is 127 Å². The second-order valence-electron chi connectivity index (χ2n) is 5.93. The van der Waals surface area contributed by atoms with Crippen molar-refractivity contribution in [2.45, 2.75) is 40.8 Å². The third kappa shape index (κ3) is 4.64. The summed E-state index contributed by atoms with van der Waals surface area (Å²) in [7, 11) is 0. The van der Waals surface area contributed by atoms with E-state index in [1.165, 1.54) is 16.7 Å². The summed E-state index contributed by atoms with van der Waals surface area (Å²) >= 11 is 0. The number of hydrogen-bond donors (Lipinski definition) is 1. The number of benzene rings is 1. The van der Waals surface area contributed by atoms with Gasteiger partial charge in [0.05, 0.1) is 6.26 Å². The topological polar surface area (TPSA) is 34.4 Å². The minimum absolute atomic E-state index is 0.466. The van der Waals surface area contributed by atoms with Gasteiger partial charge >= 0.3 is 0 Å². The summed E-state index contributed by atoms with van der Waals surface area (Å²) in [4.78, 5) is 0. The van der Waals surface area contributed by atoms with E-state index in [4.69, 9.17) is 9.15 Å². The monoisotopic (exact) mass is 287 g/mol. The Morgan fingerprint density at radius 3 is 2.67 bits per heavy atom. The van der Waals surface area contributed by atoms with Crippen molar-refractivity contribution in [1.82, 2.24) is 5.32 Å². The molecule has 0 aliphatic heterocycles. The van der Waals surface area contributed by atoms with Crippen LogP contribution in [0.5, 0.6) is 5.75 Å². The smallest absolute Gasteiger partial charge is 0.146 e. The quantitative estimate of drug-likeness (QED) is 0.828. The van der Waals surface area contributed by atoms with E-state index in [0.717, 1.165) is 24.6 Å². The fourth-order valence-electron chi connectivity index (χ4n) is 2.10. The van der Waals surface area contributed by atoms with Crippen molar-refractivity contribution >= 4 is 0 Å². The van der Waals surface area contributed by atoms with Crippen LogP contribution < -0.4 is 10.1 Å². The van der Waals surface area contributed by atoms with Crippen molar-refractivity contribution < 1.29 is 9.15 Å². The normalized spacial score (nSPS) is 11.1. The molecule has 0 saturated carbocycles. The van der Waals surface area contributed by atoms with Crippen molar-refractivity contribution in [3.05, 3.63) is 53.0 Å². The van der Waals surface area contributed by atoms with Gasteiger partial charge in [-0.25, -0.2) is 0 Å². The van der Waals surface area contributed by atoms with Gasteiger partial charge in [-0.15, -0.1) is 0 Å². The van der Waals surface area contributed by atoms with Gasteiger partial charge in [-0.2, -0.15) is 0 Å². The summed E-state index contributed by atoms with van der Waals surface area (Å²) in [5.74, 6) is 2.42. The standard InChI is InChI=1S/C18H25NO2/c1-13(2)10-19-11-16-7-8-20-18(16)12-21-17-6-5-14(3)15(4)9-17/h5-9,13,19H,10-12H2,1-4H3. The van der Waals surface area contributed by atoms with Crippen LogP contribution in [0.25, 0.3) is 0 Å². The van der Waals surface area contributed by atoms with E-state index in [1.54, 1.807) is 6.26 Å². The first-order valence-corrected chi connectivity index (χ1v) is 7.52. The van der Waals surface area contributed by atoms with E-state index in [-0.39, 0.29) is 0 Å². The summed E-state index contributed by atoms with van der Waals surface area (Å²) < 4.78 is 11.4. The van der Waals surface area contributed by atoms with Crippen LogP contribution in [0.2, 0.25) is 0 Å². The number of rotatable bonds is 7. The number of hydrogen-bond acceptors (Lipinski definition) is 3. The van der Waals surface area contributed by atoms with Crippen molar-refractivity contribution in [3.63, 3.8) is 0 Å². The molecule has 21 heavy (non-hydrogen) atoms. The molecular formula is C18H25NO2. The molecular weight excluding hydrogens is 262 g/mol. The molecule has 1 aromatic carbocycles. The summed E-state index contributed by atoms with van der Waals surface area (Å²) in [6.45, 7) is 10.9. The van der Waals surface area contributed by atoms with Gasteiger partial charge in [0.15, 0.2) is 0 Å². The van der Waals surface area contributed by atoms with Crippen LogP contribution in [-0.2, 0) is 13.2 Å². The highest BCUT2D eigenvalue weighted by Gasteiger charge is 2.08. The molecule has 0 radical (unpaired) electrons. The van der Waals surface area contributed by atoms with Crippen LogP contribution in [0.4, 0.5) is 0 Å². The second-order valence-corrected chi connectivity index (χ2v) is 5.93. The maximum absolute atomic E-state index is 5.83. The maximum Gasteiger partial charge on any atom is 0.146 e. The Balaban J connectivity index is 1.91. The Morgan fingerprint density at radius 1 is 1.14 bits per heavy atom. The first-order chi connectivity index (χ1) is 10.1. The lowest BCUT2D eigenvalue weighted by Gasteiger charge is -2.09. The molecule has 0 fully saturated rings. The van der Waals surface area contributed by atoms with E-state index in [9.17, 15) is 0 Å². The average molecular weight is 287 g/mol. The molecule has 2 aromatic rings. The molecule has 0 aliphatic carbocycles. The van der Waals surface area contributed by atoms with Crippen LogP contribution in [0.15, 0.2) is 34.9 Å². The number of ether oxygens (including phenoxy) is 1. The van der Waals surface area contributed by atoms with Gasteiger partial charge in [0.1, 0.15) is 18.1 Å². The Bertz CT molecular complexity index is 572. The van der Waals surface area contributed by atoms with Crippen molar-refractivity contribution in [2.75, 3.05) is 6.54 Å². The highest BCUT2D eigenvalue weighted by molar-refractivity contribution is 5.34. The van der Waals surface area contributed by atoms with Crippen LogP contribution in [0, 0.1) is 19.8 Å². The minimum Gasteiger partial charge on any atom is -0.486 e. The highest BCUT2D eigenvalue weighted by Crippen LogP contribution is 2.19. The zero-order valence-electron chi connectivity index (χ0n) is 13.4. The van der Waals surface area contributed by atoms with E-state index >= 15 is 0 Å². The average Bonchev–Trinajstić information content (AvgIpc) is 2.87. The number of furan rings is 1. The molecule has 3 heteroatoms. The molecule has 0 aliphatic rings. The molecule has 0 atom stereocenters. The van der Waals surface area contributed by atoms with Gasteiger partial charge in [0.2, 0.25) is 0 Å². The van der Waals surface area contributed by atoms with Gasteiger partial charge in [-0.1, -0.05) is 19.9 Å². The molecule has 3 nitrogen and oxygen atoms in total. The lowest BCUT2D eigenvalue weighted by Crippen LogP contribution is -2.19. The van der Waals surface area contributed by atoms with Crippen LogP contribution in [0.3, 0.4) is 0 Å². The Kier molecular flexibility index (Phi) is 5.45. The van der Waals surface area contributed by atoms with Crippen LogP contribution in [-0.4, -0.2) is 6.54 Å². The molecule has 0 amide bonds. The lowest BCUT2D eigenvalue weighted by molar-refractivity contribution is 0.268. The number of aryl methyl sites for hydroxylation is 2. The van der Waals surface area contributed by atoms with Gasteiger partial charge in [-0.05, 0) is 55.6 Å². The van der Waals surface area contributed by atoms with E-state index in [2.05, 4.69) is 45.1 Å². The van der Waals surface area contributed by atoms with Crippen molar-refractivity contribution in [1.29, 1.82) is 0 Å². The van der Waals surface area contributed by atoms with Crippen LogP contribution >= 0.6 is 0 Å². The van der Waals surface area contributed by atoms with E-state index in [1.807, 2.05) is 12.1 Å². The summed E-state index contributed by atoms with van der Waals surface area (Å²) in [6, 6.07) is 8.15. The van der Waals surface area contributed by atoms with E-state index < -0.39 is 0 Å². The second kappa shape index (κ2) is 7.32. The molecule has 1 heterocycles. The predicted molar refractivity (Wildman–Crippen MR) is 85.5 cm³/mol.